The average molecular weight is 532 g/mol. The lowest BCUT2D eigenvalue weighted by atomic mass is 9.99. The lowest BCUT2D eigenvalue weighted by molar-refractivity contribution is -0.113. The number of hydrogen-bond donors (Lipinski definition) is 0. The molecule has 190 valence electrons. The summed E-state index contributed by atoms with van der Waals surface area (Å²) in [6.07, 6.45) is 6.11. The van der Waals surface area contributed by atoms with E-state index in [0.717, 1.165) is 102 Å². The van der Waals surface area contributed by atoms with Gasteiger partial charge in [-0.2, -0.15) is 4.99 Å². The van der Waals surface area contributed by atoms with Gasteiger partial charge in [-0.25, -0.2) is 0 Å². The highest BCUT2D eigenvalue weighted by Gasteiger charge is 2.27. The molecule has 37 heavy (non-hydrogen) atoms. The van der Waals surface area contributed by atoms with E-state index < -0.39 is 0 Å². The summed E-state index contributed by atoms with van der Waals surface area (Å²) < 4.78 is 0. The number of carbonyl (C=O) groups is 1. The third-order valence-electron chi connectivity index (χ3n) is 7.47. The minimum Gasteiger partial charge on any atom is -0.368 e. The number of piperazine rings is 1. The topological polar surface area (TPSA) is 52.0 Å². The quantitative estimate of drug-likeness (QED) is 0.399. The van der Waals surface area contributed by atoms with Crippen LogP contribution in [0.2, 0.25) is 5.02 Å². The summed E-state index contributed by atoms with van der Waals surface area (Å²) in [7, 11) is 0. The van der Waals surface area contributed by atoms with Gasteiger partial charge in [0.1, 0.15) is 0 Å². The number of benzene rings is 2. The molecule has 0 atom stereocenters. The van der Waals surface area contributed by atoms with Crippen molar-refractivity contribution in [3.63, 3.8) is 0 Å². The maximum Gasteiger partial charge on any atom is 0.286 e. The van der Waals surface area contributed by atoms with Crippen molar-refractivity contribution in [1.82, 2.24) is 14.8 Å². The van der Waals surface area contributed by atoms with Crippen LogP contribution < -0.4 is 4.90 Å². The minimum absolute atomic E-state index is 0.152. The summed E-state index contributed by atoms with van der Waals surface area (Å²) >= 11 is 8.31. The van der Waals surface area contributed by atoms with Gasteiger partial charge in [-0.05, 0) is 84.2 Å². The number of fused-ring (bicyclic) bond motifs is 1. The number of rotatable bonds is 4. The summed E-state index contributed by atoms with van der Waals surface area (Å²) in [5, 5.41) is 2.64. The summed E-state index contributed by atoms with van der Waals surface area (Å²) in [6, 6.07) is 14.5. The molecule has 0 aliphatic carbocycles. The van der Waals surface area contributed by atoms with E-state index in [0.29, 0.717) is 4.91 Å². The van der Waals surface area contributed by atoms with Crippen LogP contribution in [0.4, 0.5) is 5.69 Å². The number of likely N-dealkylation sites (tertiary alicyclic amines) is 1. The number of aliphatic imine (C=N–C) groups is 1. The molecule has 3 aliphatic heterocycles. The number of hydrogen-bond acceptors (Lipinski definition) is 6. The van der Waals surface area contributed by atoms with Crippen molar-refractivity contribution in [2.24, 2.45) is 4.99 Å². The number of thioether (sulfide) groups is 1. The molecule has 0 bridgehead atoms. The fourth-order valence-corrected chi connectivity index (χ4v) is 6.60. The molecule has 3 aliphatic rings. The van der Waals surface area contributed by atoms with Gasteiger partial charge in [0.05, 0.1) is 21.1 Å². The Labute approximate surface area is 227 Å². The van der Waals surface area contributed by atoms with E-state index in [2.05, 4.69) is 55.9 Å². The van der Waals surface area contributed by atoms with Crippen LogP contribution in [0, 0.1) is 0 Å². The van der Waals surface area contributed by atoms with Crippen molar-refractivity contribution < 1.29 is 4.79 Å². The molecule has 1 aromatic heterocycles. The Morgan fingerprint density at radius 3 is 2.54 bits per heavy atom. The summed E-state index contributed by atoms with van der Waals surface area (Å²) in [5.74, 6) is -0.152. The molecule has 0 unspecified atom stereocenters. The van der Waals surface area contributed by atoms with E-state index >= 15 is 0 Å². The summed E-state index contributed by atoms with van der Waals surface area (Å²) in [5.41, 5.74) is 5.11. The number of nitrogens with zero attached hydrogens (tertiary/aromatic N) is 5. The van der Waals surface area contributed by atoms with Crippen LogP contribution in [0.5, 0.6) is 0 Å². The van der Waals surface area contributed by atoms with E-state index in [1.807, 2.05) is 30.5 Å². The molecule has 0 saturated carbocycles. The molecule has 8 heteroatoms. The monoisotopic (exact) mass is 531 g/mol. The summed E-state index contributed by atoms with van der Waals surface area (Å²) in [6.45, 7) is 9.37. The van der Waals surface area contributed by atoms with E-state index in [9.17, 15) is 4.79 Å². The zero-order chi connectivity index (χ0) is 25.4. The molecular weight excluding hydrogens is 502 g/mol. The summed E-state index contributed by atoms with van der Waals surface area (Å²) in [4.78, 5) is 29.2. The first-order valence-corrected chi connectivity index (χ1v) is 14.2. The first kappa shape index (κ1) is 24.5. The van der Waals surface area contributed by atoms with Crippen LogP contribution in [-0.2, 0) is 4.79 Å². The zero-order valence-electron chi connectivity index (χ0n) is 21.0. The number of carbonyl (C=O) groups excluding carboxylic acids is 1. The second kappa shape index (κ2) is 10.5. The molecular formula is C29H30ClN5OS. The standard InChI is InChI=1S/C29H30ClN5OS/c1-2-33-13-15-34(16-14-33)26-8-6-21(19-24(26)30)22-9-10-31-25-7-5-20(17-23(22)25)18-27-28(36)32-29(37-27)35-11-3-4-12-35/h5-10,17-19H,2-4,11-16H2,1H3/b27-18-. The molecule has 2 aromatic carbocycles. The fraction of sp³-hybridized carbons (Fsp3) is 0.345. The Bertz CT molecular complexity index is 1410. The van der Waals surface area contributed by atoms with Gasteiger partial charge in [0.15, 0.2) is 5.17 Å². The zero-order valence-corrected chi connectivity index (χ0v) is 22.6. The van der Waals surface area contributed by atoms with Crippen molar-refractivity contribution >= 4 is 57.1 Å². The first-order valence-electron chi connectivity index (χ1n) is 13.0. The van der Waals surface area contributed by atoms with Crippen molar-refractivity contribution in [2.75, 3.05) is 50.7 Å². The molecule has 0 N–H and O–H groups in total. The van der Waals surface area contributed by atoms with Gasteiger partial charge in [0.25, 0.3) is 5.91 Å². The van der Waals surface area contributed by atoms with Crippen LogP contribution in [0.25, 0.3) is 28.1 Å². The van der Waals surface area contributed by atoms with Crippen molar-refractivity contribution in [1.29, 1.82) is 0 Å². The third-order valence-corrected chi connectivity index (χ3v) is 8.82. The third kappa shape index (κ3) is 5.00. The highest BCUT2D eigenvalue weighted by molar-refractivity contribution is 8.18. The maximum atomic E-state index is 12.6. The van der Waals surface area contributed by atoms with Gasteiger partial charge in [0, 0.05) is 50.9 Å². The van der Waals surface area contributed by atoms with Gasteiger partial charge in [-0.3, -0.25) is 9.78 Å². The highest BCUT2D eigenvalue weighted by Crippen LogP contribution is 2.36. The SMILES string of the molecule is CCN1CCN(c2ccc(-c3ccnc4ccc(/C=C5\SC(N6CCCC6)=NC5=O)cc34)cc2Cl)CC1. The molecule has 6 rings (SSSR count). The Hall–Kier alpha value is -2.87. The minimum atomic E-state index is -0.152. The van der Waals surface area contributed by atoms with Gasteiger partial charge in [0.2, 0.25) is 0 Å². The van der Waals surface area contributed by atoms with Gasteiger partial charge >= 0.3 is 0 Å². The molecule has 4 heterocycles. The second-order valence-electron chi connectivity index (χ2n) is 9.73. The lowest BCUT2D eigenvalue weighted by Crippen LogP contribution is -2.46. The van der Waals surface area contributed by atoms with Crippen LogP contribution in [0.1, 0.15) is 25.3 Å². The predicted octanol–water partition coefficient (Wildman–Crippen LogP) is 5.76. The first-order chi connectivity index (χ1) is 18.1. The van der Waals surface area contributed by atoms with Crippen molar-refractivity contribution in [3.05, 3.63) is 64.2 Å². The Morgan fingerprint density at radius 2 is 1.78 bits per heavy atom. The van der Waals surface area contributed by atoms with Crippen molar-refractivity contribution in [3.8, 4) is 11.1 Å². The van der Waals surface area contributed by atoms with Gasteiger partial charge in [-0.1, -0.05) is 30.7 Å². The molecule has 0 radical (unpaired) electrons. The molecule has 0 spiro atoms. The molecule has 1 amide bonds. The van der Waals surface area contributed by atoms with Crippen LogP contribution >= 0.6 is 23.4 Å². The Kier molecular flexibility index (Phi) is 6.93. The normalized spacial score (nSPS) is 19.9. The number of amides is 1. The Balaban J connectivity index is 1.28. The number of aromatic nitrogens is 1. The largest absolute Gasteiger partial charge is 0.368 e. The molecule has 6 nitrogen and oxygen atoms in total. The number of likely N-dealkylation sites (N-methyl/N-ethyl adjacent to an activating group) is 1. The van der Waals surface area contributed by atoms with E-state index in [1.165, 1.54) is 11.8 Å². The van der Waals surface area contributed by atoms with Crippen LogP contribution in [0.15, 0.2) is 58.6 Å². The highest BCUT2D eigenvalue weighted by atomic mass is 35.5. The fourth-order valence-electron chi connectivity index (χ4n) is 5.33. The number of amidine groups is 1. The Morgan fingerprint density at radius 1 is 0.973 bits per heavy atom. The van der Waals surface area contributed by atoms with Gasteiger partial charge < -0.3 is 14.7 Å². The lowest BCUT2D eigenvalue weighted by Gasteiger charge is -2.36. The number of pyridine rings is 1. The number of anilines is 1. The molecule has 2 fully saturated rings. The van der Waals surface area contributed by atoms with Gasteiger partial charge in [-0.15, -0.1) is 0 Å². The van der Waals surface area contributed by atoms with E-state index in [4.69, 9.17) is 11.6 Å². The smallest absolute Gasteiger partial charge is 0.286 e. The predicted molar refractivity (Wildman–Crippen MR) is 155 cm³/mol. The second-order valence-corrected chi connectivity index (χ2v) is 11.1. The maximum absolute atomic E-state index is 12.6. The van der Waals surface area contributed by atoms with Crippen molar-refractivity contribution in [2.45, 2.75) is 19.8 Å². The van der Waals surface area contributed by atoms with E-state index in [-0.39, 0.29) is 5.91 Å². The van der Waals surface area contributed by atoms with Crippen LogP contribution in [-0.4, -0.2) is 71.7 Å². The number of halogens is 1. The molecule has 2 saturated heterocycles. The average Bonchev–Trinajstić information content (AvgIpc) is 3.59. The molecule has 3 aromatic rings. The van der Waals surface area contributed by atoms with Crippen LogP contribution in [0.3, 0.4) is 0 Å². The van der Waals surface area contributed by atoms with E-state index in [1.54, 1.807) is 0 Å².